The van der Waals surface area contributed by atoms with Gasteiger partial charge in [-0.15, -0.1) is 0 Å². The monoisotopic (exact) mass is 482 g/mol. The fourth-order valence-corrected chi connectivity index (χ4v) is 5.34. The van der Waals surface area contributed by atoms with Crippen LogP contribution in [0.25, 0.3) is 33.2 Å². The van der Waals surface area contributed by atoms with Crippen LogP contribution in [0.2, 0.25) is 0 Å². The summed E-state index contributed by atoms with van der Waals surface area (Å²) in [4.78, 5) is 17.1. The molecular formula is C27H22N4O3S. The molecule has 0 atom stereocenters. The molecule has 35 heavy (non-hydrogen) atoms. The molecule has 0 fully saturated rings. The van der Waals surface area contributed by atoms with Gasteiger partial charge in [0.25, 0.3) is 0 Å². The number of hydrogen-bond donors (Lipinski definition) is 0. The molecule has 0 aliphatic rings. The molecule has 0 saturated heterocycles. The summed E-state index contributed by atoms with van der Waals surface area (Å²) >= 11 is 0. The molecule has 0 saturated carbocycles. The molecule has 8 heteroatoms. The van der Waals surface area contributed by atoms with Crippen molar-refractivity contribution in [1.29, 1.82) is 0 Å². The van der Waals surface area contributed by atoms with Gasteiger partial charge in [0.05, 0.1) is 29.1 Å². The first-order valence-corrected chi connectivity index (χ1v) is 12.6. The normalized spacial score (nSPS) is 11.5. The highest BCUT2D eigenvalue weighted by atomic mass is 32.2. The lowest BCUT2D eigenvalue weighted by atomic mass is 9.96. The van der Waals surface area contributed by atoms with E-state index in [1.807, 2.05) is 43.3 Å². The molecule has 5 aromatic rings. The Hall–Kier alpha value is -4.17. The fourth-order valence-electron chi connectivity index (χ4n) is 4.03. The molecular weight excluding hydrogens is 460 g/mol. The number of pyridine rings is 2. The fraction of sp³-hybridized carbons (Fsp3) is 0.111. The molecule has 0 aliphatic carbocycles. The van der Waals surface area contributed by atoms with E-state index in [2.05, 4.69) is 26.0 Å². The van der Waals surface area contributed by atoms with Crippen LogP contribution in [-0.4, -0.2) is 35.5 Å². The van der Waals surface area contributed by atoms with Crippen molar-refractivity contribution in [2.75, 3.05) is 7.11 Å². The minimum Gasteiger partial charge on any atom is -0.481 e. The van der Waals surface area contributed by atoms with Gasteiger partial charge in [-0.05, 0) is 53.8 Å². The summed E-state index contributed by atoms with van der Waals surface area (Å²) in [6, 6.07) is 18.6. The largest absolute Gasteiger partial charge is 0.481 e. The molecule has 5 rings (SSSR count). The van der Waals surface area contributed by atoms with Gasteiger partial charge >= 0.3 is 0 Å². The van der Waals surface area contributed by atoms with Crippen molar-refractivity contribution >= 4 is 20.6 Å². The van der Waals surface area contributed by atoms with Crippen LogP contribution in [0.5, 0.6) is 5.88 Å². The summed E-state index contributed by atoms with van der Waals surface area (Å²) in [6.07, 6.45) is 6.38. The zero-order chi connectivity index (χ0) is 24.4. The topological polar surface area (TPSA) is 94.9 Å². The highest BCUT2D eigenvalue weighted by Crippen LogP contribution is 2.33. The summed E-state index contributed by atoms with van der Waals surface area (Å²) in [5.41, 5.74) is 5.33. The minimum atomic E-state index is -3.56. The first-order chi connectivity index (χ1) is 16.9. The quantitative estimate of drug-likeness (QED) is 0.334. The number of ether oxygens (including phenoxy) is 1. The molecule has 7 nitrogen and oxygen atoms in total. The van der Waals surface area contributed by atoms with Crippen LogP contribution in [0.15, 0.2) is 90.5 Å². The van der Waals surface area contributed by atoms with Crippen LogP contribution in [0.4, 0.5) is 0 Å². The van der Waals surface area contributed by atoms with Gasteiger partial charge in [-0.25, -0.2) is 23.4 Å². The first-order valence-electron chi connectivity index (χ1n) is 10.9. The van der Waals surface area contributed by atoms with Crippen molar-refractivity contribution in [3.63, 3.8) is 0 Å². The van der Waals surface area contributed by atoms with E-state index in [-0.39, 0.29) is 10.6 Å². The van der Waals surface area contributed by atoms with E-state index in [4.69, 9.17) is 4.74 Å². The molecule has 0 spiro atoms. The summed E-state index contributed by atoms with van der Waals surface area (Å²) in [5, 5.41) is 1.69. The molecule has 0 bridgehead atoms. The average Bonchev–Trinajstić information content (AvgIpc) is 2.88. The summed E-state index contributed by atoms with van der Waals surface area (Å²) < 4.78 is 31.1. The lowest BCUT2D eigenvalue weighted by Crippen LogP contribution is -2.06. The van der Waals surface area contributed by atoms with Crippen molar-refractivity contribution in [2.24, 2.45) is 0 Å². The van der Waals surface area contributed by atoms with E-state index < -0.39 is 9.84 Å². The van der Waals surface area contributed by atoms with Crippen LogP contribution in [0.3, 0.4) is 0 Å². The Morgan fingerprint density at radius 3 is 2.43 bits per heavy atom. The molecule has 2 aromatic carbocycles. The van der Waals surface area contributed by atoms with Crippen LogP contribution < -0.4 is 4.74 Å². The highest BCUT2D eigenvalue weighted by Gasteiger charge is 2.18. The Bertz CT molecular complexity index is 1620. The zero-order valence-electron chi connectivity index (χ0n) is 19.2. The van der Waals surface area contributed by atoms with Crippen molar-refractivity contribution in [2.45, 2.75) is 17.6 Å². The van der Waals surface area contributed by atoms with Gasteiger partial charge in [-0.2, -0.15) is 0 Å². The van der Waals surface area contributed by atoms with E-state index >= 15 is 0 Å². The van der Waals surface area contributed by atoms with Gasteiger partial charge in [0.2, 0.25) is 5.88 Å². The van der Waals surface area contributed by atoms with Gasteiger partial charge in [-0.1, -0.05) is 24.3 Å². The third-order valence-corrected chi connectivity index (χ3v) is 7.48. The molecule has 0 amide bonds. The van der Waals surface area contributed by atoms with E-state index in [0.717, 1.165) is 38.7 Å². The van der Waals surface area contributed by atoms with Crippen molar-refractivity contribution in [3.05, 3.63) is 96.8 Å². The number of aromatic nitrogens is 4. The Morgan fingerprint density at radius 1 is 0.857 bits per heavy atom. The summed E-state index contributed by atoms with van der Waals surface area (Å²) in [5.74, 6) is 0.389. The minimum absolute atomic E-state index is 0.181. The maximum Gasteiger partial charge on any atom is 0.212 e. The van der Waals surface area contributed by atoms with Crippen molar-refractivity contribution in [3.8, 4) is 28.3 Å². The predicted molar refractivity (Wildman–Crippen MR) is 135 cm³/mol. The van der Waals surface area contributed by atoms with Gasteiger partial charge in [-0.3, -0.25) is 4.98 Å². The molecule has 174 valence electrons. The third-order valence-electron chi connectivity index (χ3n) is 5.84. The second kappa shape index (κ2) is 9.23. The predicted octanol–water partition coefficient (Wildman–Crippen LogP) is 5.04. The highest BCUT2D eigenvalue weighted by molar-refractivity contribution is 7.90. The number of hydrogen-bond acceptors (Lipinski definition) is 7. The number of sulfone groups is 1. The number of fused-ring (bicyclic) bond motifs is 1. The Balaban J connectivity index is 1.50. The van der Waals surface area contributed by atoms with Crippen molar-refractivity contribution in [1.82, 2.24) is 19.9 Å². The molecule has 0 radical (unpaired) electrons. The van der Waals surface area contributed by atoms with Gasteiger partial charge < -0.3 is 4.74 Å². The Kier molecular flexibility index (Phi) is 5.96. The third kappa shape index (κ3) is 4.61. The first kappa shape index (κ1) is 22.6. The number of nitrogens with zero attached hydrogens (tertiary/aromatic N) is 4. The lowest BCUT2D eigenvalue weighted by Gasteiger charge is -2.12. The molecule has 0 unspecified atom stereocenters. The molecule has 0 N–H and O–H groups in total. The number of benzene rings is 2. The maximum absolute atomic E-state index is 13.0. The van der Waals surface area contributed by atoms with Crippen LogP contribution >= 0.6 is 0 Å². The zero-order valence-corrected chi connectivity index (χ0v) is 20.0. The van der Waals surface area contributed by atoms with Crippen LogP contribution in [-0.2, 0) is 15.6 Å². The second-order valence-electron chi connectivity index (χ2n) is 8.12. The van der Waals surface area contributed by atoms with E-state index in [1.54, 1.807) is 37.7 Å². The van der Waals surface area contributed by atoms with Crippen LogP contribution in [0.1, 0.15) is 11.3 Å². The summed E-state index contributed by atoms with van der Waals surface area (Å²) in [7, 11) is -1.97. The van der Waals surface area contributed by atoms with Gasteiger partial charge in [0, 0.05) is 41.2 Å². The Morgan fingerprint density at radius 2 is 1.71 bits per heavy atom. The number of aryl methyl sites for hydroxylation is 1. The Labute approximate surface area is 203 Å². The number of rotatable bonds is 6. The standard InChI is InChI=1S/C27H22N4O3S/c1-18-13-19(21-4-8-26(34-2)30-15-21)3-6-24(18)27-25-7-5-23(14-20(25)9-12-29-27)35(32,33)16-22-10-11-28-17-31-22/h3-15,17H,16H2,1-2H3. The lowest BCUT2D eigenvalue weighted by molar-refractivity contribution is 0.398. The van der Waals surface area contributed by atoms with Crippen molar-refractivity contribution < 1.29 is 13.2 Å². The number of methoxy groups -OCH3 is 1. The van der Waals surface area contributed by atoms with Gasteiger partial charge in [0.15, 0.2) is 9.84 Å². The van der Waals surface area contributed by atoms with E-state index in [1.165, 1.54) is 12.5 Å². The van der Waals surface area contributed by atoms with Crippen LogP contribution in [0, 0.1) is 6.92 Å². The maximum atomic E-state index is 13.0. The van der Waals surface area contributed by atoms with Gasteiger partial charge in [0.1, 0.15) is 6.33 Å². The average molecular weight is 483 g/mol. The molecule has 3 aromatic heterocycles. The molecule has 3 heterocycles. The smallest absolute Gasteiger partial charge is 0.212 e. The van der Waals surface area contributed by atoms with E-state index in [0.29, 0.717) is 11.6 Å². The molecule has 0 aliphatic heterocycles. The van der Waals surface area contributed by atoms with E-state index in [9.17, 15) is 8.42 Å². The SMILES string of the molecule is COc1ccc(-c2ccc(-c3nccc4cc(S(=O)(=O)Cc5ccncn5)ccc34)c(C)c2)cn1. The summed E-state index contributed by atoms with van der Waals surface area (Å²) in [6.45, 7) is 2.04. The second-order valence-corrected chi connectivity index (χ2v) is 10.1.